The Bertz CT molecular complexity index is 621. The number of anilines is 1. The molecular formula is C17H24BrN3. The molecule has 0 aliphatic carbocycles. The van der Waals surface area contributed by atoms with Gasteiger partial charge in [0.05, 0.1) is 5.69 Å². The molecule has 0 radical (unpaired) electrons. The summed E-state index contributed by atoms with van der Waals surface area (Å²) in [6.07, 6.45) is 0.930. The van der Waals surface area contributed by atoms with Crippen molar-refractivity contribution in [3.63, 3.8) is 0 Å². The number of nitrogens with two attached hydrogens (primary N) is 1. The molecule has 1 aromatic carbocycles. The number of rotatable bonds is 3. The molecule has 2 rings (SSSR count). The Morgan fingerprint density at radius 1 is 1.24 bits per heavy atom. The first kappa shape index (κ1) is 16.1. The van der Waals surface area contributed by atoms with E-state index < -0.39 is 0 Å². The fourth-order valence-electron chi connectivity index (χ4n) is 2.26. The second-order valence-electron chi connectivity index (χ2n) is 6.81. The summed E-state index contributed by atoms with van der Waals surface area (Å²) in [7, 11) is 1.91. The predicted octanol–water partition coefficient (Wildman–Crippen LogP) is 4.66. The van der Waals surface area contributed by atoms with Gasteiger partial charge >= 0.3 is 0 Å². The van der Waals surface area contributed by atoms with Crippen molar-refractivity contribution < 1.29 is 0 Å². The van der Waals surface area contributed by atoms with Crippen molar-refractivity contribution in [2.75, 3.05) is 5.73 Å². The Hall–Kier alpha value is -1.29. The van der Waals surface area contributed by atoms with E-state index in [2.05, 4.69) is 60.9 Å². The highest BCUT2D eigenvalue weighted by Gasteiger charge is 2.24. The maximum atomic E-state index is 6.25. The third kappa shape index (κ3) is 3.49. The average Bonchev–Trinajstić information content (AvgIpc) is 2.65. The van der Waals surface area contributed by atoms with Crippen LogP contribution in [0, 0.1) is 11.3 Å². The smallest absolute Gasteiger partial charge is 0.129 e. The first-order valence-corrected chi connectivity index (χ1v) is 8.06. The van der Waals surface area contributed by atoms with Gasteiger partial charge in [-0.25, -0.2) is 0 Å². The Labute approximate surface area is 135 Å². The predicted molar refractivity (Wildman–Crippen MR) is 93.1 cm³/mol. The molecule has 1 aromatic heterocycles. The highest BCUT2D eigenvalue weighted by Crippen LogP contribution is 2.35. The number of hydrogen-bond donors (Lipinski definition) is 1. The fraction of sp³-hybridized carbons (Fsp3) is 0.471. The molecule has 2 aromatic rings. The van der Waals surface area contributed by atoms with Crippen molar-refractivity contribution in [2.24, 2.45) is 18.4 Å². The molecule has 0 aliphatic heterocycles. The number of nitrogens with zero attached hydrogens (tertiary/aromatic N) is 2. The summed E-state index contributed by atoms with van der Waals surface area (Å²) in [5.41, 5.74) is 9.78. The van der Waals surface area contributed by atoms with E-state index in [1.54, 1.807) is 4.68 Å². The summed E-state index contributed by atoms with van der Waals surface area (Å²) in [6, 6.07) is 8.25. The minimum atomic E-state index is 0.253. The van der Waals surface area contributed by atoms with Crippen LogP contribution in [-0.2, 0) is 13.5 Å². The van der Waals surface area contributed by atoms with Crippen LogP contribution < -0.4 is 5.73 Å². The molecule has 1 atom stereocenters. The lowest BCUT2D eigenvalue weighted by Gasteiger charge is -2.26. The van der Waals surface area contributed by atoms with Crippen LogP contribution in [0.25, 0.3) is 11.1 Å². The molecule has 0 aliphatic rings. The molecule has 0 spiro atoms. The molecule has 114 valence electrons. The number of benzene rings is 1. The molecule has 4 heteroatoms. The summed E-state index contributed by atoms with van der Waals surface area (Å²) in [5, 5.41) is 4.64. The van der Waals surface area contributed by atoms with Crippen LogP contribution in [0.3, 0.4) is 0 Å². The second kappa shape index (κ2) is 5.84. The third-order valence-electron chi connectivity index (χ3n) is 4.27. The monoisotopic (exact) mass is 349 g/mol. The molecule has 0 fully saturated rings. The van der Waals surface area contributed by atoms with E-state index in [4.69, 9.17) is 5.73 Å². The van der Waals surface area contributed by atoms with E-state index >= 15 is 0 Å². The summed E-state index contributed by atoms with van der Waals surface area (Å²) >= 11 is 3.47. The molecule has 0 bridgehead atoms. The van der Waals surface area contributed by atoms with E-state index in [1.165, 1.54) is 0 Å². The average molecular weight is 350 g/mol. The molecule has 0 saturated carbocycles. The Morgan fingerprint density at radius 2 is 1.81 bits per heavy atom. The Balaban J connectivity index is 2.44. The summed E-state index contributed by atoms with van der Waals surface area (Å²) in [5.74, 6) is 1.26. The fourth-order valence-corrected chi connectivity index (χ4v) is 2.53. The van der Waals surface area contributed by atoms with E-state index in [-0.39, 0.29) is 5.41 Å². The zero-order chi connectivity index (χ0) is 15.8. The maximum absolute atomic E-state index is 6.25. The summed E-state index contributed by atoms with van der Waals surface area (Å²) < 4.78 is 2.85. The summed E-state index contributed by atoms with van der Waals surface area (Å²) in [4.78, 5) is 0. The highest BCUT2D eigenvalue weighted by molar-refractivity contribution is 9.10. The van der Waals surface area contributed by atoms with Gasteiger partial charge in [0, 0.05) is 17.1 Å². The zero-order valence-corrected chi connectivity index (χ0v) is 15.0. The van der Waals surface area contributed by atoms with Crippen molar-refractivity contribution in [3.05, 3.63) is 34.4 Å². The molecule has 3 nitrogen and oxygen atoms in total. The van der Waals surface area contributed by atoms with Crippen molar-refractivity contribution in [1.82, 2.24) is 9.78 Å². The van der Waals surface area contributed by atoms with Crippen LogP contribution in [0.2, 0.25) is 0 Å². The lowest BCUT2D eigenvalue weighted by molar-refractivity contribution is 0.258. The van der Waals surface area contributed by atoms with Gasteiger partial charge in [0.15, 0.2) is 0 Å². The number of halogens is 1. The first-order chi connectivity index (χ1) is 9.70. The van der Waals surface area contributed by atoms with Crippen molar-refractivity contribution >= 4 is 21.7 Å². The lowest BCUT2D eigenvalue weighted by Crippen LogP contribution is -2.20. The number of nitrogen functional groups attached to an aromatic ring is 1. The Morgan fingerprint density at radius 3 is 2.33 bits per heavy atom. The molecular weight excluding hydrogens is 326 g/mol. The van der Waals surface area contributed by atoms with Gasteiger partial charge in [-0.3, -0.25) is 4.68 Å². The van der Waals surface area contributed by atoms with Crippen LogP contribution in [0.15, 0.2) is 28.7 Å². The van der Waals surface area contributed by atoms with E-state index in [0.29, 0.717) is 5.92 Å². The summed E-state index contributed by atoms with van der Waals surface area (Å²) in [6.45, 7) is 9.08. The molecule has 21 heavy (non-hydrogen) atoms. The van der Waals surface area contributed by atoms with Gasteiger partial charge in [-0.05, 0) is 35.4 Å². The normalized spacial score (nSPS) is 13.4. The van der Waals surface area contributed by atoms with E-state index in [1.807, 2.05) is 19.2 Å². The third-order valence-corrected chi connectivity index (χ3v) is 4.80. The van der Waals surface area contributed by atoms with Gasteiger partial charge < -0.3 is 5.73 Å². The van der Waals surface area contributed by atoms with Crippen molar-refractivity contribution in [3.8, 4) is 11.1 Å². The quantitative estimate of drug-likeness (QED) is 0.875. The number of hydrogen-bond acceptors (Lipinski definition) is 2. The van der Waals surface area contributed by atoms with Gasteiger partial charge in [-0.1, -0.05) is 55.8 Å². The van der Waals surface area contributed by atoms with Crippen LogP contribution in [0.5, 0.6) is 0 Å². The number of aryl methyl sites for hydroxylation is 1. The van der Waals surface area contributed by atoms with E-state index in [0.717, 1.165) is 33.5 Å². The van der Waals surface area contributed by atoms with Gasteiger partial charge in [-0.15, -0.1) is 0 Å². The van der Waals surface area contributed by atoms with Crippen LogP contribution in [-0.4, -0.2) is 9.78 Å². The van der Waals surface area contributed by atoms with Crippen molar-refractivity contribution in [2.45, 2.75) is 34.1 Å². The van der Waals surface area contributed by atoms with Crippen LogP contribution in [0.4, 0.5) is 5.82 Å². The second-order valence-corrected chi connectivity index (χ2v) is 7.72. The molecule has 1 heterocycles. The van der Waals surface area contributed by atoms with E-state index in [9.17, 15) is 0 Å². The lowest BCUT2D eigenvalue weighted by atomic mass is 9.79. The SMILES string of the molecule is CC(Cc1nn(C)c(N)c1-c1ccc(Br)cc1)C(C)(C)C. The van der Waals surface area contributed by atoms with Crippen molar-refractivity contribution in [1.29, 1.82) is 0 Å². The van der Waals surface area contributed by atoms with Crippen LogP contribution >= 0.6 is 15.9 Å². The van der Waals surface area contributed by atoms with Gasteiger partial charge in [0.2, 0.25) is 0 Å². The number of aromatic nitrogens is 2. The van der Waals surface area contributed by atoms with Crippen LogP contribution in [0.1, 0.15) is 33.4 Å². The molecule has 1 unspecified atom stereocenters. The minimum Gasteiger partial charge on any atom is -0.383 e. The Kier molecular flexibility index (Phi) is 4.47. The minimum absolute atomic E-state index is 0.253. The molecule has 2 N–H and O–H groups in total. The standard InChI is InChI=1S/C17H24BrN3/c1-11(17(2,3)4)10-14-15(16(19)21(5)20-14)12-6-8-13(18)9-7-12/h6-9,11H,10,19H2,1-5H3. The maximum Gasteiger partial charge on any atom is 0.129 e. The molecule has 0 saturated heterocycles. The van der Waals surface area contributed by atoms with Gasteiger partial charge in [0.1, 0.15) is 5.82 Å². The molecule has 0 amide bonds. The largest absolute Gasteiger partial charge is 0.383 e. The topological polar surface area (TPSA) is 43.8 Å². The van der Waals surface area contributed by atoms with Gasteiger partial charge in [-0.2, -0.15) is 5.10 Å². The zero-order valence-electron chi connectivity index (χ0n) is 13.4. The first-order valence-electron chi connectivity index (χ1n) is 7.27. The highest BCUT2D eigenvalue weighted by atomic mass is 79.9. The van der Waals surface area contributed by atoms with Gasteiger partial charge in [0.25, 0.3) is 0 Å².